The van der Waals surface area contributed by atoms with Gasteiger partial charge in [-0.1, -0.05) is 6.92 Å². The first-order valence-electron chi connectivity index (χ1n) is 7.74. The molecule has 112 valence electrons. The number of anilines is 2. The Morgan fingerprint density at radius 1 is 1.30 bits per heavy atom. The van der Waals surface area contributed by atoms with Gasteiger partial charge in [0.05, 0.1) is 12.3 Å². The molecule has 1 aromatic rings. The molecule has 4 heteroatoms. The van der Waals surface area contributed by atoms with Gasteiger partial charge in [0.1, 0.15) is 5.75 Å². The van der Waals surface area contributed by atoms with Gasteiger partial charge in [0.25, 0.3) is 0 Å². The summed E-state index contributed by atoms with van der Waals surface area (Å²) in [6.45, 7) is 8.47. The van der Waals surface area contributed by atoms with Gasteiger partial charge in [-0.2, -0.15) is 0 Å². The third-order valence-electron chi connectivity index (χ3n) is 3.81. The molecular formula is C16H27N3O. The standard InChI is InChI=1S/C16H27N3O/c1-3-9-19-10-7-13(8-11-19)18-14-5-6-15(17)16(12-14)20-4-2/h5-6,12-13,18H,3-4,7-11,17H2,1-2H3. The van der Waals surface area contributed by atoms with Crippen LogP contribution in [0.2, 0.25) is 0 Å². The summed E-state index contributed by atoms with van der Waals surface area (Å²) in [7, 11) is 0. The molecule has 0 atom stereocenters. The number of hydrogen-bond acceptors (Lipinski definition) is 4. The maximum atomic E-state index is 5.90. The average Bonchev–Trinajstić information content (AvgIpc) is 2.45. The normalized spacial score (nSPS) is 17.1. The third-order valence-corrected chi connectivity index (χ3v) is 3.81. The Bertz CT molecular complexity index is 414. The van der Waals surface area contributed by atoms with Crippen molar-refractivity contribution in [2.45, 2.75) is 39.2 Å². The number of rotatable bonds is 6. The molecule has 0 aliphatic carbocycles. The van der Waals surface area contributed by atoms with Gasteiger partial charge in [-0.3, -0.25) is 0 Å². The summed E-state index contributed by atoms with van der Waals surface area (Å²) >= 11 is 0. The lowest BCUT2D eigenvalue weighted by atomic mass is 10.0. The van der Waals surface area contributed by atoms with E-state index < -0.39 is 0 Å². The number of hydrogen-bond donors (Lipinski definition) is 2. The minimum atomic E-state index is 0.557. The van der Waals surface area contributed by atoms with Crippen molar-refractivity contribution in [1.29, 1.82) is 0 Å². The summed E-state index contributed by atoms with van der Waals surface area (Å²) in [4.78, 5) is 2.55. The smallest absolute Gasteiger partial charge is 0.144 e. The van der Waals surface area contributed by atoms with Crippen LogP contribution in [0, 0.1) is 0 Å². The quantitative estimate of drug-likeness (QED) is 0.785. The third kappa shape index (κ3) is 4.04. The Balaban J connectivity index is 1.89. The van der Waals surface area contributed by atoms with Crippen LogP contribution in [0.5, 0.6) is 5.75 Å². The number of nitrogens with one attached hydrogen (secondary N) is 1. The highest BCUT2D eigenvalue weighted by Gasteiger charge is 2.18. The Labute approximate surface area is 122 Å². The topological polar surface area (TPSA) is 50.5 Å². The van der Waals surface area contributed by atoms with Crippen molar-refractivity contribution >= 4 is 11.4 Å². The molecule has 0 unspecified atom stereocenters. The largest absolute Gasteiger partial charge is 0.492 e. The monoisotopic (exact) mass is 277 g/mol. The molecule has 0 saturated carbocycles. The maximum Gasteiger partial charge on any atom is 0.144 e. The number of nitrogens with two attached hydrogens (primary N) is 1. The molecule has 0 radical (unpaired) electrons. The molecule has 4 nitrogen and oxygen atoms in total. The lowest BCUT2D eigenvalue weighted by molar-refractivity contribution is 0.219. The van der Waals surface area contributed by atoms with Crippen LogP contribution in [0.3, 0.4) is 0 Å². The zero-order valence-corrected chi connectivity index (χ0v) is 12.7. The fourth-order valence-corrected chi connectivity index (χ4v) is 2.76. The van der Waals surface area contributed by atoms with Crippen LogP contribution in [0.25, 0.3) is 0 Å². The molecule has 2 rings (SSSR count). The van der Waals surface area contributed by atoms with Gasteiger partial charge >= 0.3 is 0 Å². The summed E-state index contributed by atoms with van der Waals surface area (Å²) in [5, 5.41) is 3.61. The van der Waals surface area contributed by atoms with Crippen molar-refractivity contribution in [3.8, 4) is 5.75 Å². The molecule has 0 aromatic heterocycles. The predicted octanol–water partition coefficient (Wildman–Crippen LogP) is 2.95. The number of benzene rings is 1. The highest BCUT2D eigenvalue weighted by Crippen LogP contribution is 2.27. The fourth-order valence-electron chi connectivity index (χ4n) is 2.76. The number of nitrogen functional groups attached to an aromatic ring is 1. The predicted molar refractivity (Wildman–Crippen MR) is 85.4 cm³/mol. The zero-order valence-electron chi connectivity index (χ0n) is 12.7. The minimum Gasteiger partial charge on any atom is -0.492 e. The molecule has 3 N–H and O–H groups in total. The van der Waals surface area contributed by atoms with E-state index in [1.807, 2.05) is 25.1 Å². The molecular weight excluding hydrogens is 250 g/mol. The van der Waals surface area contributed by atoms with E-state index >= 15 is 0 Å². The molecule has 0 amide bonds. The SMILES string of the molecule is CCCN1CCC(Nc2ccc(N)c(OCC)c2)CC1. The molecule has 0 spiro atoms. The first-order valence-corrected chi connectivity index (χ1v) is 7.74. The summed E-state index contributed by atoms with van der Waals surface area (Å²) in [6.07, 6.45) is 3.65. The summed E-state index contributed by atoms with van der Waals surface area (Å²) in [5.41, 5.74) is 7.71. The molecule has 0 bridgehead atoms. The fraction of sp³-hybridized carbons (Fsp3) is 0.625. The van der Waals surface area contributed by atoms with Crippen LogP contribution in [0.4, 0.5) is 11.4 Å². The Morgan fingerprint density at radius 3 is 2.70 bits per heavy atom. The van der Waals surface area contributed by atoms with Crippen LogP contribution in [-0.2, 0) is 0 Å². The lowest BCUT2D eigenvalue weighted by Gasteiger charge is -2.32. The summed E-state index contributed by atoms with van der Waals surface area (Å²) in [6, 6.07) is 6.52. The summed E-state index contributed by atoms with van der Waals surface area (Å²) < 4.78 is 5.54. The van der Waals surface area contributed by atoms with Crippen molar-refractivity contribution in [2.75, 3.05) is 37.3 Å². The molecule has 1 heterocycles. The Kier molecular flexibility index (Phi) is 5.53. The van der Waals surface area contributed by atoms with E-state index in [-0.39, 0.29) is 0 Å². The van der Waals surface area contributed by atoms with Gasteiger partial charge in [0.15, 0.2) is 0 Å². The molecule has 20 heavy (non-hydrogen) atoms. The van der Waals surface area contributed by atoms with E-state index in [9.17, 15) is 0 Å². The second-order valence-electron chi connectivity index (χ2n) is 5.45. The van der Waals surface area contributed by atoms with Gasteiger partial charge in [-0.15, -0.1) is 0 Å². The molecule has 1 saturated heterocycles. The van der Waals surface area contributed by atoms with E-state index in [0.717, 1.165) is 11.4 Å². The van der Waals surface area contributed by atoms with Gasteiger partial charge in [0, 0.05) is 30.9 Å². The van der Waals surface area contributed by atoms with Crippen LogP contribution >= 0.6 is 0 Å². The highest BCUT2D eigenvalue weighted by atomic mass is 16.5. The number of nitrogens with zero attached hydrogens (tertiary/aromatic N) is 1. The van der Waals surface area contributed by atoms with Gasteiger partial charge < -0.3 is 20.7 Å². The molecule has 1 aliphatic heterocycles. The number of ether oxygens (including phenoxy) is 1. The maximum absolute atomic E-state index is 5.90. The van der Waals surface area contributed by atoms with Crippen molar-refractivity contribution < 1.29 is 4.74 Å². The van der Waals surface area contributed by atoms with Gasteiger partial charge in [-0.05, 0) is 44.9 Å². The molecule has 1 fully saturated rings. The zero-order chi connectivity index (χ0) is 14.4. The Hall–Kier alpha value is -1.42. The van der Waals surface area contributed by atoms with Gasteiger partial charge in [0.2, 0.25) is 0 Å². The van der Waals surface area contributed by atoms with Crippen LogP contribution in [-0.4, -0.2) is 37.2 Å². The second-order valence-corrected chi connectivity index (χ2v) is 5.45. The molecule has 1 aliphatic rings. The molecule has 1 aromatic carbocycles. The number of likely N-dealkylation sites (tertiary alicyclic amines) is 1. The van der Waals surface area contributed by atoms with Crippen molar-refractivity contribution in [1.82, 2.24) is 4.90 Å². The summed E-state index contributed by atoms with van der Waals surface area (Å²) in [5.74, 6) is 0.779. The van der Waals surface area contributed by atoms with Crippen molar-refractivity contribution in [3.63, 3.8) is 0 Å². The van der Waals surface area contributed by atoms with Gasteiger partial charge in [-0.25, -0.2) is 0 Å². The van der Waals surface area contributed by atoms with E-state index in [1.165, 1.54) is 38.9 Å². The van der Waals surface area contributed by atoms with E-state index in [4.69, 9.17) is 10.5 Å². The van der Waals surface area contributed by atoms with E-state index in [2.05, 4.69) is 17.1 Å². The van der Waals surface area contributed by atoms with Crippen LogP contribution in [0.15, 0.2) is 18.2 Å². The van der Waals surface area contributed by atoms with Crippen molar-refractivity contribution in [3.05, 3.63) is 18.2 Å². The first kappa shape index (κ1) is 15.0. The van der Waals surface area contributed by atoms with E-state index in [0.29, 0.717) is 18.3 Å². The van der Waals surface area contributed by atoms with E-state index in [1.54, 1.807) is 0 Å². The highest BCUT2D eigenvalue weighted by molar-refractivity contribution is 5.61. The Morgan fingerprint density at radius 2 is 2.05 bits per heavy atom. The van der Waals surface area contributed by atoms with Crippen LogP contribution in [0.1, 0.15) is 33.1 Å². The van der Waals surface area contributed by atoms with Crippen LogP contribution < -0.4 is 15.8 Å². The second kappa shape index (κ2) is 7.39. The minimum absolute atomic E-state index is 0.557. The lowest BCUT2D eigenvalue weighted by Crippen LogP contribution is -2.39. The first-order chi connectivity index (χ1) is 9.72. The number of piperidine rings is 1. The average molecular weight is 277 g/mol. The van der Waals surface area contributed by atoms with Crippen molar-refractivity contribution in [2.24, 2.45) is 0 Å².